The summed E-state index contributed by atoms with van der Waals surface area (Å²) in [5, 5.41) is 23.1. The van der Waals surface area contributed by atoms with Crippen LogP contribution in [0, 0.1) is 0 Å². The Kier molecular flexibility index (Phi) is 14.4. The van der Waals surface area contributed by atoms with Crippen LogP contribution in [-0.2, 0) is 17.6 Å². The largest absolute Gasteiger partial charge is 0.493 e. The standard InChI is InChI=1S/C34H51NO5/c1-26(36)25-35-29-14-11-13-27(22-29)12-7-4-3-5-8-15-30(37)24-31(38)20-18-28-19-21-33(39-2)34(23-28)40-32-16-9-6-10-17-32/h11,13-14,19,21-23,26,30,32,35-37H,3-10,12,15-18,20,24-25H2,1-2H3/t26-,30-/m0/s1. The lowest BCUT2D eigenvalue weighted by Gasteiger charge is -2.24. The zero-order valence-corrected chi connectivity index (χ0v) is 24.7. The molecule has 40 heavy (non-hydrogen) atoms. The molecule has 222 valence electrons. The lowest BCUT2D eigenvalue weighted by Crippen LogP contribution is -2.20. The van der Waals surface area contributed by atoms with Gasteiger partial charge in [-0.2, -0.15) is 0 Å². The molecule has 3 N–H and O–H groups in total. The maximum absolute atomic E-state index is 12.5. The van der Waals surface area contributed by atoms with E-state index in [4.69, 9.17) is 9.47 Å². The molecule has 0 bridgehead atoms. The summed E-state index contributed by atoms with van der Waals surface area (Å²) in [6.07, 6.45) is 13.7. The zero-order valence-electron chi connectivity index (χ0n) is 24.7. The number of unbranched alkanes of at least 4 members (excludes halogenated alkanes) is 4. The fourth-order valence-electron chi connectivity index (χ4n) is 5.42. The molecule has 6 heteroatoms. The fourth-order valence-corrected chi connectivity index (χ4v) is 5.42. The number of rotatable bonds is 19. The number of ketones is 1. The van der Waals surface area contributed by atoms with Gasteiger partial charge in [0.2, 0.25) is 0 Å². The van der Waals surface area contributed by atoms with Gasteiger partial charge in [0.15, 0.2) is 11.5 Å². The van der Waals surface area contributed by atoms with Crippen molar-refractivity contribution in [2.75, 3.05) is 19.0 Å². The van der Waals surface area contributed by atoms with Crippen LogP contribution >= 0.6 is 0 Å². The van der Waals surface area contributed by atoms with Gasteiger partial charge in [0.1, 0.15) is 5.78 Å². The molecule has 0 unspecified atom stereocenters. The number of methoxy groups -OCH3 is 1. The third kappa shape index (κ3) is 12.3. The number of carbonyl (C=O) groups is 1. The average Bonchev–Trinajstić information content (AvgIpc) is 2.95. The summed E-state index contributed by atoms with van der Waals surface area (Å²) in [7, 11) is 1.66. The molecule has 2 aromatic rings. The first-order valence-electron chi connectivity index (χ1n) is 15.5. The number of aryl methyl sites for hydroxylation is 2. The molecule has 0 heterocycles. The monoisotopic (exact) mass is 553 g/mol. The Morgan fingerprint density at radius 2 is 1.68 bits per heavy atom. The van der Waals surface area contributed by atoms with Crippen LogP contribution in [0.5, 0.6) is 11.5 Å². The number of aliphatic hydroxyl groups excluding tert-OH is 2. The number of nitrogens with one attached hydrogen (secondary N) is 1. The van der Waals surface area contributed by atoms with Gasteiger partial charge in [-0.25, -0.2) is 0 Å². The fraction of sp³-hybridized carbons (Fsp3) is 0.618. The molecule has 0 radical (unpaired) electrons. The molecule has 1 fully saturated rings. The van der Waals surface area contributed by atoms with E-state index >= 15 is 0 Å². The molecule has 0 spiro atoms. The van der Waals surface area contributed by atoms with Crippen LogP contribution in [0.3, 0.4) is 0 Å². The van der Waals surface area contributed by atoms with Crippen molar-refractivity contribution in [3.05, 3.63) is 53.6 Å². The van der Waals surface area contributed by atoms with Crippen molar-refractivity contribution in [1.29, 1.82) is 0 Å². The number of aliphatic hydroxyl groups is 2. The summed E-state index contributed by atoms with van der Waals surface area (Å²) < 4.78 is 11.7. The van der Waals surface area contributed by atoms with Crippen molar-refractivity contribution in [3.8, 4) is 11.5 Å². The predicted molar refractivity (Wildman–Crippen MR) is 162 cm³/mol. The first-order chi connectivity index (χ1) is 19.4. The van der Waals surface area contributed by atoms with Crippen LogP contribution in [0.15, 0.2) is 42.5 Å². The van der Waals surface area contributed by atoms with Gasteiger partial charge in [-0.05, 0) is 93.7 Å². The summed E-state index contributed by atoms with van der Waals surface area (Å²) in [6.45, 7) is 2.33. The highest BCUT2D eigenvalue weighted by Crippen LogP contribution is 2.32. The van der Waals surface area contributed by atoms with Crippen LogP contribution in [0.2, 0.25) is 0 Å². The molecule has 0 aromatic heterocycles. The summed E-state index contributed by atoms with van der Waals surface area (Å²) >= 11 is 0. The molecule has 3 rings (SSSR count). The molecule has 1 saturated carbocycles. The van der Waals surface area contributed by atoms with Gasteiger partial charge in [-0.1, -0.05) is 50.3 Å². The molecule has 1 aliphatic carbocycles. The molecule has 1 aliphatic rings. The third-order valence-corrected chi connectivity index (χ3v) is 7.76. The maximum Gasteiger partial charge on any atom is 0.161 e. The summed E-state index contributed by atoms with van der Waals surface area (Å²) in [5.41, 5.74) is 3.43. The average molecular weight is 554 g/mol. The summed E-state index contributed by atoms with van der Waals surface area (Å²) in [6, 6.07) is 14.4. The summed E-state index contributed by atoms with van der Waals surface area (Å²) in [4.78, 5) is 12.5. The Labute approximate surface area is 241 Å². The highest BCUT2D eigenvalue weighted by Gasteiger charge is 2.18. The highest BCUT2D eigenvalue weighted by molar-refractivity contribution is 5.79. The second-order valence-electron chi connectivity index (χ2n) is 11.5. The van der Waals surface area contributed by atoms with Gasteiger partial charge < -0.3 is 25.0 Å². The molecular weight excluding hydrogens is 502 g/mol. The molecule has 6 nitrogen and oxygen atoms in total. The van der Waals surface area contributed by atoms with Crippen LogP contribution < -0.4 is 14.8 Å². The second-order valence-corrected chi connectivity index (χ2v) is 11.5. The third-order valence-electron chi connectivity index (χ3n) is 7.76. The van der Waals surface area contributed by atoms with E-state index in [1.165, 1.54) is 24.8 Å². The zero-order chi connectivity index (χ0) is 28.6. The van der Waals surface area contributed by atoms with E-state index in [0.717, 1.165) is 74.1 Å². The minimum absolute atomic E-state index is 0.114. The maximum atomic E-state index is 12.5. The second kappa shape index (κ2) is 18.0. The van der Waals surface area contributed by atoms with Crippen molar-refractivity contribution >= 4 is 11.5 Å². The van der Waals surface area contributed by atoms with E-state index in [-0.39, 0.29) is 24.4 Å². The number of Topliss-reactive ketones (excluding diaryl/α,β-unsaturated/α-hetero) is 1. The minimum atomic E-state index is -0.551. The van der Waals surface area contributed by atoms with Crippen LogP contribution in [-0.4, -0.2) is 48.0 Å². The predicted octanol–water partition coefficient (Wildman–Crippen LogP) is 7.04. The number of benzene rings is 2. The first-order valence-corrected chi connectivity index (χ1v) is 15.5. The van der Waals surface area contributed by atoms with Gasteiger partial charge in [-0.15, -0.1) is 0 Å². The normalized spacial score (nSPS) is 15.4. The van der Waals surface area contributed by atoms with Crippen molar-refractivity contribution in [1.82, 2.24) is 0 Å². The first kappa shape index (κ1) is 32.0. The van der Waals surface area contributed by atoms with E-state index in [1.807, 2.05) is 24.3 Å². The van der Waals surface area contributed by atoms with Crippen LogP contribution in [0.25, 0.3) is 0 Å². The number of hydrogen-bond acceptors (Lipinski definition) is 6. The molecule has 2 aromatic carbocycles. The Balaban J connectivity index is 1.27. The minimum Gasteiger partial charge on any atom is -0.493 e. The number of ether oxygens (including phenoxy) is 2. The molecular formula is C34H51NO5. The van der Waals surface area contributed by atoms with Gasteiger partial charge in [-0.3, -0.25) is 4.79 Å². The molecule has 0 saturated heterocycles. The van der Waals surface area contributed by atoms with E-state index in [2.05, 4.69) is 23.5 Å². The quantitative estimate of drug-likeness (QED) is 0.162. The number of anilines is 1. The van der Waals surface area contributed by atoms with Crippen molar-refractivity contribution < 1.29 is 24.5 Å². The van der Waals surface area contributed by atoms with Gasteiger partial charge in [0, 0.05) is 25.1 Å². The molecule has 0 aliphatic heterocycles. The molecule has 0 amide bonds. The van der Waals surface area contributed by atoms with Crippen LogP contribution in [0.4, 0.5) is 5.69 Å². The smallest absolute Gasteiger partial charge is 0.161 e. The van der Waals surface area contributed by atoms with Crippen molar-refractivity contribution in [2.24, 2.45) is 0 Å². The van der Waals surface area contributed by atoms with Crippen molar-refractivity contribution in [2.45, 2.75) is 122 Å². The Morgan fingerprint density at radius 1 is 0.925 bits per heavy atom. The van der Waals surface area contributed by atoms with Gasteiger partial charge in [0.25, 0.3) is 0 Å². The highest BCUT2D eigenvalue weighted by atomic mass is 16.5. The lowest BCUT2D eigenvalue weighted by molar-refractivity contribution is -0.121. The van der Waals surface area contributed by atoms with Gasteiger partial charge in [0.05, 0.1) is 25.4 Å². The van der Waals surface area contributed by atoms with E-state index in [9.17, 15) is 15.0 Å². The Bertz CT molecular complexity index is 1000. The number of carbonyl (C=O) groups excluding carboxylic acids is 1. The van der Waals surface area contributed by atoms with Gasteiger partial charge >= 0.3 is 0 Å². The number of hydrogen-bond donors (Lipinski definition) is 3. The SMILES string of the molecule is COc1ccc(CCC(=O)C[C@@H](O)CCCCCCCc2cccc(NC[C@H](C)O)c2)cc1OC1CCCCC1. The van der Waals surface area contributed by atoms with E-state index < -0.39 is 6.10 Å². The Hall–Kier alpha value is -2.57. The Morgan fingerprint density at radius 3 is 2.45 bits per heavy atom. The van der Waals surface area contributed by atoms with E-state index in [1.54, 1.807) is 14.0 Å². The van der Waals surface area contributed by atoms with Crippen LogP contribution in [0.1, 0.15) is 102 Å². The summed E-state index contributed by atoms with van der Waals surface area (Å²) in [5.74, 6) is 1.63. The van der Waals surface area contributed by atoms with Crippen molar-refractivity contribution in [3.63, 3.8) is 0 Å². The lowest BCUT2D eigenvalue weighted by atomic mass is 9.97. The molecule has 2 atom stereocenters. The van der Waals surface area contributed by atoms with E-state index in [0.29, 0.717) is 25.8 Å². The topological polar surface area (TPSA) is 88.0 Å².